The van der Waals surface area contributed by atoms with E-state index in [9.17, 15) is 9.90 Å². The van der Waals surface area contributed by atoms with Gasteiger partial charge in [0.2, 0.25) is 0 Å². The van der Waals surface area contributed by atoms with Crippen molar-refractivity contribution >= 4 is 5.91 Å². The van der Waals surface area contributed by atoms with Crippen LogP contribution in [-0.4, -0.2) is 48.1 Å². The number of ether oxygens (including phenoxy) is 2. The van der Waals surface area contributed by atoms with Crippen molar-refractivity contribution in [2.45, 2.75) is 19.4 Å². The van der Waals surface area contributed by atoms with Gasteiger partial charge in [-0.15, -0.1) is 0 Å². The van der Waals surface area contributed by atoms with Crippen molar-refractivity contribution in [2.75, 3.05) is 26.4 Å². The first kappa shape index (κ1) is 16.3. The average Bonchev–Trinajstić information content (AvgIpc) is 2.45. The Morgan fingerprint density at radius 3 is 2.30 bits per heavy atom. The van der Waals surface area contributed by atoms with Crippen molar-refractivity contribution in [1.29, 1.82) is 0 Å². The molecular weight excluding hydrogens is 262 g/mol. The lowest BCUT2D eigenvalue weighted by molar-refractivity contribution is -0.124. The second-order valence-electron chi connectivity index (χ2n) is 4.62. The number of carbonyl (C=O) groups excluding carboxylic acids is 1. The normalized spacial score (nSPS) is 13.4. The molecule has 0 aromatic heterocycles. The van der Waals surface area contributed by atoms with Crippen LogP contribution in [0.4, 0.5) is 0 Å². The largest absolute Gasteiger partial charge is 0.494 e. The Bertz CT molecular complexity index is 416. The van der Waals surface area contributed by atoms with E-state index in [1.165, 1.54) is 6.92 Å². The molecule has 0 spiro atoms. The molecule has 6 heteroatoms. The molecule has 1 atom stereocenters. The molecule has 1 amide bonds. The van der Waals surface area contributed by atoms with Gasteiger partial charge in [0.15, 0.2) is 6.61 Å². The highest BCUT2D eigenvalue weighted by molar-refractivity contribution is 5.77. The fourth-order valence-corrected chi connectivity index (χ4v) is 1.34. The first-order chi connectivity index (χ1) is 9.46. The molecule has 0 saturated carbocycles. The molecule has 0 heterocycles. The molecular formula is C14H21NO5. The van der Waals surface area contributed by atoms with E-state index in [0.717, 1.165) is 5.75 Å². The third-order valence-electron chi connectivity index (χ3n) is 2.51. The predicted octanol–water partition coefficient (Wildman–Crippen LogP) is 0.324. The summed E-state index contributed by atoms with van der Waals surface area (Å²) in [5.41, 5.74) is -1.32. The number of aliphatic hydroxyl groups excluding tert-OH is 1. The number of hydrogen-bond acceptors (Lipinski definition) is 5. The Morgan fingerprint density at radius 2 is 1.80 bits per heavy atom. The van der Waals surface area contributed by atoms with Crippen molar-refractivity contribution in [3.63, 3.8) is 0 Å². The van der Waals surface area contributed by atoms with Gasteiger partial charge in [-0.3, -0.25) is 4.79 Å². The van der Waals surface area contributed by atoms with Crippen LogP contribution in [0.3, 0.4) is 0 Å². The van der Waals surface area contributed by atoms with Gasteiger partial charge in [-0.1, -0.05) is 0 Å². The van der Waals surface area contributed by atoms with Crippen LogP contribution in [0.1, 0.15) is 13.8 Å². The summed E-state index contributed by atoms with van der Waals surface area (Å²) in [5, 5.41) is 20.8. The van der Waals surface area contributed by atoms with Crippen LogP contribution in [0.5, 0.6) is 11.5 Å². The van der Waals surface area contributed by atoms with E-state index >= 15 is 0 Å². The molecule has 1 aromatic rings. The lowest BCUT2D eigenvalue weighted by atomic mass is 10.1. The molecule has 0 aliphatic rings. The van der Waals surface area contributed by atoms with E-state index in [2.05, 4.69) is 5.32 Å². The van der Waals surface area contributed by atoms with Crippen LogP contribution in [-0.2, 0) is 4.79 Å². The monoisotopic (exact) mass is 283 g/mol. The summed E-state index contributed by atoms with van der Waals surface area (Å²) in [4.78, 5) is 11.5. The number of rotatable bonds is 8. The smallest absolute Gasteiger partial charge is 0.258 e. The van der Waals surface area contributed by atoms with E-state index in [0.29, 0.717) is 12.4 Å². The molecule has 1 aromatic carbocycles. The first-order valence-corrected chi connectivity index (χ1v) is 6.42. The molecule has 0 aliphatic carbocycles. The number of nitrogens with one attached hydrogen (secondary N) is 1. The molecule has 0 fully saturated rings. The second kappa shape index (κ2) is 7.72. The van der Waals surface area contributed by atoms with Gasteiger partial charge in [0.1, 0.15) is 17.1 Å². The average molecular weight is 283 g/mol. The zero-order chi connectivity index (χ0) is 15.0. The summed E-state index contributed by atoms with van der Waals surface area (Å²) in [6.45, 7) is 3.31. The van der Waals surface area contributed by atoms with Crippen molar-refractivity contribution in [3.05, 3.63) is 24.3 Å². The third-order valence-corrected chi connectivity index (χ3v) is 2.51. The molecule has 0 bridgehead atoms. The quantitative estimate of drug-likeness (QED) is 0.639. The van der Waals surface area contributed by atoms with Gasteiger partial charge >= 0.3 is 0 Å². The highest BCUT2D eigenvalue weighted by Crippen LogP contribution is 2.17. The van der Waals surface area contributed by atoms with Gasteiger partial charge in [0.25, 0.3) is 5.91 Å². The SMILES string of the molecule is CCOc1ccc(OCC(=O)NCC(C)(O)CO)cc1. The Labute approximate surface area is 118 Å². The van der Waals surface area contributed by atoms with Crippen molar-refractivity contribution in [3.8, 4) is 11.5 Å². The first-order valence-electron chi connectivity index (χ1n) is 6.42. The molecule has 0 aliphatic heterocycles. The highest BCUT2D eigenvalue weighted by atomic mass is 16.5. The molecule has 0 saturated heterocycles. The predicted molar refractivity (Wildman–Crippen MR) is 73.8 cm³/mol. The Morgan fingerprint density at radius 1 is 1.25 bits per heavy atom. The fourth-order valence-electron chi connectivity index (χ4n) is 1.34. The van der Waals surface area contributed by atoms with E-state index in [1.807, 2.05) is 6.92 Å². The summed E-state index contributed by atoms with van der Waals surface area (Å²) in [5.74, 6) is 0.924. The van der Waals surface area contributed by atoms with Gasteiger partial charge in [-0.2, -0.15) is 0 Å². The van der Waals surface area contributed by atoms with E-state index in [-0.39, 0.29) is 19.1 Å². The molecule has 20 heavy (non-hydrogen) atoms. The molecule has 0 radical (unpaired) electrons. The van der Waals surface area contributed by atoms with Gasteiger partial charge in [0.05, 0.1) is 13.2 Å². The summed E-state index contributed by atoms with van der Waals surface area (Å²) in [6, 6.07) is 6.94. The topological polar surface area (TPSA) is 88.0 Å². The molecule has 1 unspecified atom stereocenters. The number of amides is 1. The molecule has 1 rings (SSSR count). The summed E-state index contributed by atoms with van der Waals surface area (Å²) < 4.78 is 10.6. The summed E-state index contributed by atoms with van der Waals surface area (Å²) in [7, 11) is 0. The molecule has 3 N–H and O–H groups in total. The number of hydrogen-bond donors (Lipinski definition) is 3. The van der Waals surface area contributed by atoms with Crippen LogP contribution in [0, 0.1) is 0 Å². The number of benzene rings is 1. The van der Waals surface area contributed by atoms with E-state index in [1.54, 1.807) is 24.3 Å². The van der Waals surface area contributed by atoms with Crippen LogP contribution in [0.2, 0.25) is 0 Å². The minimum atomic E-state index is -1.32. The zero-order valence-electron chi connectivity index (χ0n) is 11.8. The highest BCUT2D eigenvalue weighted by Gasteiger charge is 2.19. The number of carbonyl (C=O) groups is 1. The van der Waals surface area contributed by atoms with Crippen molar-refractivity contribution in [1.82, 2.24) is 5.32 Å². The minimum Gasteiger partial charge on any atom is -0.494 e. The third kappa shape index (κ3) is 5.90. The standard InChI is InChI=1S/C14H21NO5/c1-3-19-11-4-6-12(7-5-11)20-8-13(17)15-9-14(2,18)10-16/h4-7,16,18H,3,8-10H2,1-2H3,(H,15,17). The lowest BCUT2D eigenvalue weighted by Gasteiger charge is -2.20. The van der Waals surface area contributed by atoms with E-state index < -0.39 is 12.2 Å². The van der Waals surface area contributed by atoms with Crippen LogP contribution >= 0.6 is 0 Å². The maximum Gasteiger partial charge on any atom is 0.258 e. The van der Waals surface area contributed by atoms with Gasteiger partial charge in [0, 0.05) is 6.54 Å². The van der Waals surface area contributed by atoms with Gasteiger partial charge in [-0.25, -0.2) is 0 Å². The Kier molecular flexibility index (Phi) is 6.27. The lowest BCUT2D eigenvalue weighted by Crippen LogP contribution is -2.44. The maximum absolute atomic E-state index is 11.5. The molecule has 112 valence electrons. The van der Waals surface area contributed by atoms with E-state index in [4.69, 9.17) is 14.6 Å². The van der Waals surface area contributed by atoms with Gasteiger partial charge < -0.3 is 25.0 Å². The van der Waals surface area contributed by atoms with Crippen LogP contribution in [0.25, 0.3) is 0 Å². The number of aliphatic hydroxyl groups is 2. The maximum atomic E-state index is 11.5. The summed E-state index contributed by atoms with van der Waals surface area (Å²) in [6.07, 6.45) is 0. The summed E-state index contributed by atoms with van der Waals surface area (Å²) >= 11 is 0. The minimum absolute atomic E-state index is 0.0328. The Balaban J connectivity index is 2.33. The van der Waals surface area contributed by atoms with Crippen molar-refractivity contribution in [2.24, 2.45) is 0 Å². The van der Waals surface area contributed by atoms with Crippen molar-refractivity contribution < 1.29 is 24.5 Å². The molecule has 6 nitrogen and oxygen atoms in total. The zero-order valence-corrected chi connectivity index (χ0v) is 11.8. The fraction of sp³-hybridized carbons (Fsp3) is 0.500. The Hall–Kier alpha value is -1.79. The second-order valence-corrected chi connectivity index (χ2v) is 4.62. The van der Waals surface area contributed by atoms with Crippen LogP contribution in [0.15, 0.2) is 24.3 Å². The van der Waals surface area contributed by atoms with Crippen LogP contribution < -0.4 is 14.8 Å². The van der Waals surface area contributed by atoms with Gasteiger partial charge in [-0.05, 0) is 38.1 Å².